The molecule has 4 unspecified atom stereocenters. The fourth-order valence-electron chi connectivity index (χ4n) is 17.3. The summed E-state index contributed by atoms with van der Waals surface area (Å²) in [6.45, 7) is 20.5. The third kappa shape index (κ3) is 27.4. The van der Waals surface area contributed by atoms with Crippen molar-refractivity contribution in [2.45, 2.75) is 255 Å². The summed E-state index contributed by atoms with van der Waals surface area (Å²) < 4.78 is 35.6. The second kappa shape index (κ2) is 50.3. The van der Waals surface area contributed by atoms with Gasteiger partial charge in [-0.15, -0.1) is 0 Å². The van der Waals surface area contributed by atoms with Gasteiger partial charge in [-0.3, -0.25) is 33.6 Å². The Balaban J connectivity index is 0.000000273. The minimum Gasteiger partial charge on any atom is -0.479 e. The molecule has 0 saturated carbocycles. The molecule has 9 aromatic carbocycles. The highest BCUT2D eigenvalue weighted by Gasteiger charge is 2.55. The molecule has 134 heavy (non-hydrogen) atoms. The van der Waals surface area contributed by atoms with Crippen molar-refractivity contribution >= 4 is 68.9 Å². The van der Waals surface area contributed by atoms with E-state index >= 15 is 0 Å². The normalized spacial score (nSPS) is 21.5. The van der Waals surface area contributed by atoms with Gasteiger partial charge in [-0.2, -0.15) is 5.26 Å². The molecule has 7 saturated heterocycles. The molecule has 0 aromatic heterocycles. The minimum atomic E-state index is -1.87. The summed E-state index contributed by atoms with van der Waals surface area (Å²) in [5.41, 5.74) is 11.5. The van der Waals surface area contributed by atoms with Crippen molar-refractivity contribution in [3.63, 3.8) is 0 Å². The molecule has 0 aliphatic carbocycles. The molecule has 0 spiro atoms. The maximum atomic E-state index is 13.7. The second-order valence-corrected chi connectivity index (χ2v) is 34.4. The Labute approximate surface area is 799 Å². The van der Waals surface area contributed by atoms with Crippen LogP contribution < -0.4 is 16.0 Å². The topological polar surface area (TPSA) is 330 Å². The summed E-state index contributed by atoms with van der Waals surface area (Å²) in [6, 6.07) is 78.7. The quantitative estimate of drug-likeness (QED) is 0.0364. The van der Waals surface area contributed by atoms with Crippen LogP contribution in [0.4, 0.5) is 5.69 Å². The van der Waals surface area contributed by atoms with Crippen LogP contribution in [-0.2, 0) is 86.4 Å². The van der Waals surface area contributed by atoms with Gasteiger partial charge in [-0.25, -0.2) is 9.64 Å². The van der Waals surface area contributed by atoms with E-state index in [0.717, 1.165) is 117 Å². The first-order chi connectivity index (χ1) is 61.1. The molecule has 9 aromatic rings. The number of carboxylic acids is 1. The zero-order valence-corrected chi connectivity index (χ0v) is 73.3. The number of aliphatic carboxylic acids is 1. The molecule has 6 N–H and O–H groups in total. The fraction of sp³-hybridized carbons (Fsp3) is 0.402. The predicted molar refractivity (Wildman–Crippen MR) is 523 cm³/mol. The van der Waals surface area contributed by atoms with E-state index < -0.39 is 84.0 Å². The lowest BCUT2D eigenvalue weighted by Crippen LogP contribution is -2.50. The SMILES string of the molecule is C.C.C.C.C.C.C.CC1(C)O[C@@H](C(=O)NCc2ccc(-c3ccccc3C#N)cc2)[C@H](C(=O)N2CCCC2c2ccccc2)O1.CC1(C)O[C@@H](C(=O)NCc2ccc(Br)cc2)[C@H](C(=O)N2CCCC2c2ccccc2)O1.CC1(C)O[C@@H](C(=O)O)[C@H](C(=O)N2CCCC2c2ccccc2)O1.[C-]#[N+]c1ccccc1-c1ccc(CNC(=O)[C@H](O)[C@@H](O)C(=O)N2CCCC2c2ccccc2)cc1. The number of carbonyl (C=O) groups excluding carboxylic acids is 7. The van der Waals surface area contributed by atoms with E-state index in [4.69, 9.17) is 35.0 Å². The standard InChI is InChI=1S/C31H31N3O4.C28H27N3O4.C24H27BrN2O4.C17H21NO5.7CH4/c1-31(2)37-27(28(38-31)30(36)34-18-8-13-26(34)23-9-4-3-5-10-23)29(35)33-20-21-14-16-22(17-15-21)25-12-7-6-11-24(25)19-32;1-29-23-11-6-5-10-22(23)20-15-13-19(14-16-20)18-30-27(34)25(32)26(33)28(35)31-17-7-12-24(31)21-8-3-2-4-9-21;1-24(2)30-20(22(28)26-15-16-10-12-18(25)13-11-16)21(31-24)23(29)27-14-6-9-19(27)17-7-4-3-5-8-17;1-17(2)22-13(14(23-17)16(20)21)15(19)18-10-6-9-12(18)11-7-4-3-5-8-11;;;;;;;/h3-7,9-12,14-17,26-28H,8,13,18,20H2,1-2H3,(H,33,35);2-6,8-11,13-16,24-26,32-33H,7,12,17-18H2,(H,30,34);3-5,7-8,10-13,19-21H,6,9,14-15H2,1-2H3,(H,26,28);3-5,7-8,12-14H,6,9-10H2,1-2H3,(H,20,21);7*1H4/t26?,27-,28-;24?,25-,26-;19?,20-,21-;12?,13-,14-;;;;;;;/m1111......./s1. The molecule has 16 rings (SSSR count). The number of nitrogens with one attached hydrogen (secondary N) is 3. The third-order valence-electron chi connectivity index (χ3n) is 23.4. The maximum absolute atomic E-state index is 13.7. The van der Waals surface area contributed by atoms with Crippen LogP contribution in [0.3, 0.4) is 0 Å². The molecule has 7 fully saturated rings. The van der Waals surface area contributed by atoms with Crippen molar-refractivity contribution in [2.24, 2.45) is 0 Å². The van der Waals surface area contributed by atoms with Crippen molar-refractivity contribution in [2.75, 3.05) is 26.2 Å². The van der Waals surface area contributed by atoms with E-state index in [1.165, 1.54) is 4.90 Å². The van der Waals surface area contributed by atoms with Gasteiger partial charge in [0.1, 0.15) is 0 Å². The summed E-state index contributed by atoms with van der Waals surface area (Å²) in [5, 5.41) is 47.9. The Hall–Kier alpha value is -12.1. The maximum Gasteiger partial charge on any atom is 0.336 e. The van der Waals surface area contributed by atoms with Gasteiger partial charge in [0.25, 0.3) is 41.4 Å². The fourth-order valence-corrected chi connectivity index (χ4v) is 17.5. The number of benzene rings is 9. The van der Waals surface area contributed by atoms with Crippen LogP contribution in [0.2, 0.25) is 0 Å². The van der Waals surface area contributed by atoms with E-state index in [1.807, 2.05) is 240 Å². The average molecular weight is 1900 g/mol. The van der Waals surface area contributed by atoms with Crippen LogP contribution in [0.15, 0.2) is 247 Å². The molecule has 7 amide bonds. The number of halogens is 1. The molecule has 716 valence electrons. The monoisotopic (exact) mass is 1900 g/mol. The molecule has 12 atom stereocenters. The predicted octanol–water partition coefficient (Wildman–Crippen LogP) is 18.7. The van der Waals surface area contributed by atoms with E-state index in [9.17, 15) is 58.9 Å². The zero-order valence-electron chi connectivity index (χ0n) is 71.7. The summed E-state index contributed by atoms with van der Waals surface area (Å²) in [4.78, 5) is 113. The van der Waals surface area contributed by atoms with Gasteiger partial charge in [-0.1, -0.05) is 292 Å². The molecule has 26 nitrogen and oxygen atoms in total. The van der Waals surface area contributed by atoms with Gasteiger partial charge in [0.15, 0.2) is 71.9 Å². The minimum absolute atomic E-state index is 0. The van der Waals surface area contributed by atoms with Gasteiger partial charge in [0, 0.05) is 50.3 Å². The summed E-state index contributed by atoms with van der Waals surface area (Å²) in [6.07, 6.45) is -3.21. The van der Waals surface area contributed by atoms with Crippen molar-refractivity contribution in [1.82, 2.24) is 35.6 Å². The summed E-state index contributed by atoms with van der Waals surface area (Å²) >= 11 is 3.40. The number of rotatable bonds is 21. The Kier molecular flexibility index (Phi) is 41.5. The van der Waals surface area contributed by atoms with Gasteiger partial charge in [0.05, 0.1) is 42.4 Å². The number of nitrogens with zero attached hydrogens (tertiary/aromatic N) is 6. The first-order valence-electron chi connectivity index (χ1n) is 42.9. The van der Waals surface area contributed by atoms with Gasteiger partial charge in [-0.05, 0) is 172 Å². The molecule has 7 heterocycles. The Morgan fingerprint density at radius 2 is 0.701 bits per heavy atom. The van der Waals surface area contributed by atoms with Gasteiger partial charge >= 0.3 is 5.97 Å². The van der Waals surface area contributed by atoms with Gasteiger partial charge in [0.2, 0.25) is 0 Å². The smallest absolute Gasteiger partial charge is 0.336 e. The lowest BCUT2D eigenvalue weighted by molar-refractivity contribution is -0.168. The van der Waals surface area contributed by atoms with Crippen LogP contribution in [0.5, 0.6) is 0 Å². The van der Waals surface area contributed by atoms with E-state index in [0.29, 0.717) is 44.0 Å². The number of nitriles is 1. The Morgan fingerprint density at radius 3 is 1.07 bits per heavy atom. The van der Waals surface area contributed by atoms with E-state index in [1.54, 1.807) is 58.6 Å². The Morgan fingerprint density at radius 1 is 0.403 bits per heavy atom. The number of amides is 7. The van der Waals surface area contributed by atoms with Crippen LogP contribution in [0, 0.1) is 17.9 Å². The number of hydrogen-bond acceptors (Lipinski definition) is 17. The number of hydrogen-bond donors (Lipinski definition) is 6. The van der Waals surface area contributed by atoms with E-state index in [2.05, 4.69) is 42.8 Å². The number of ether oxygens (including phenoxy) is 6. The Bertz CT molecular complexity index is 5410. The summed E-state index contributed by atoms with van der Waals surface area (Å²) in [5.74, 6) is -7.24. The van der Waals surface area contributed by atoms with Crippen LogP contribution in [-0.4, -0.2) is 175 Å². The second-order valence-electron chi connectivity index (χ2n) is 33.5. The first kappa shape index (κ1) is 111. The van der Waals surface area contributed by atoms with Crippen molar-refractivity contribution in [3.05, 3.63) is 303 Å². The molecule has 27 heteroatoms. The number of carboxylic acid groups (broad SMARTS) is 1. The number of likely N-dealkylation sites (tertiary alicyclic amines) is 4. The highest BCUT2D eigenvalue weighted by Crippen LogP contribution is 2.42. The molecule has 0 bridgehead atoms. The van der Waals surface area contributed by atoms with Crippen molar-refractivity contribution in [1.29, 1.82) is 5.26 Å². The average Bonchev–Trinajstić information content (AvgIpc) is 1.65. The molecule has 7 aliphatic rings. The van der Waals surface area contributed by atoms with Crippen LogP contribution >= 0.6 is 15.9 Å². The number of aliphatic hydroxyl groups excluding tert-OH is 2. The molecule has 0 radical (unpaired) electrons. The molecular formula is C107H134BrN9O17. The number of aliphatic hydroxyl groups is 2. The molecule has 7 aliphatic heterocycles. The highest BCUT2D eigenvalue weighted by molar-refractivity contribution is 9.10. The van der Waals surface area contributed by atoms with E-state index in [-0.39, 0.29) is 119 Å². The van der Waals surface area contributed by atoms with Crippen LogP contribution in [0.1, 0.15) is 214 Å². The van der Waals surface area contributed by atoms with Crippen molar-refractivity contribution in [3.8, 4) is 28.3 Å². The zero-order chi connectivity index (χ0) is 90.1. The van der Waals surface area contributed by atoms with Crippen molar-refractivity contribution < 1.29 is 82.1 Å². The number of para-hydroxylation sites is 1. The molecular weight excluding hydrogens is 1760 g/mol. The summed E-state index contributed by atoms with van der Waals surface area (Å²) in [7, 11) is 0. The highest BCUT2D eigenvalue weighted by atomic mass is 79.9. The van der Waals surface area contributed by atoms with Crippen LogP contribution in [0.25, 0.3) is 27.1 Å². The largest absolute Gasteiger partial charge is 0.479 e. The lowest BCUT2D eigenvalue weighted by atomic mass is 9.99. The lowest BCUT2D eigenvalue weighted by Gasteiger charge is -2.28. The third-order valence-corrected chi connectivity index (χ3v) is 23.9. The first-order valence-corrected chi connectivity index (χ1v) is 43.7. The number of carbonyl (C=O) groups is 8. The van der Waals surface area contributed by atoms with Gasteiger partial charge < -0.3 is 79.3 Å².